The molecule has 10 nitrogen and oxygen atoms in total. The molecule has 3 rings (SSSR count). The third kappa shape index (κ3) is 4.49. The van der Waals surface area contributed by atoms with E-state index in [-0.39, 0.29) is 37.4 Å². The Morgan fingerprint density at radius 2 is 1.55 bits per heavy atom. The number of phenolic OH excluding ortho intramolecular Hbond substituents is 1. The van der Waals surface area contributed by atoms with E-state index in [1.165, 1.54) is 15.9 Å². The maximum Gasteiger partial charge on any atom is 0.416 e. The number of piperazine rings is 1. The molecule has 1 aliphatic rings. The van der Waals surface area contributed by atoms with Gasteiger partial charge in [-0.25, -0.2) is 0 Å². The fraction of sp³-hybridized carbons (Fsp3) is 0.278. The van der Waals surface area contributed by atoms with E-state index in [1.54, 1.807) is 0 Å². The average molecular weight is 440 g/mol. The molecular formula is C18H15F3N4O6. The lowest BCUT2D eigenvalue weighted by Gasteiger charge is -2.36. The van der Waals surface area contributed by atoms with Gasteiger partial charge in [0, 0.05) is 43.9 Å². The van der Waals surface area contributed by atoms with Crippen LogP contribution in [0.1, 0.15) is 15.9 Å². The Morgan fingerprint density at radius 1 is 0.935 bits per heavy atom. The summed E-state index contributed by atoms with van der Waals surface area (Å²) in [4.78, 5) is 35.9. The molecule has 31 heavy (non-hydrogen) atoms. The largest absolute Gasteiger partial charge is 0.502 e. The van der Waals surface area contributed by atoms with Crippen LogP contribution in [0.3, 0.4) is 0 Å². The van der Waals surface area contributed by atoms with Crippen LogP contribution >= 0.6 is 0 Å². The molecule has 0 radical (unpaired) electrons. The van der Waals surface area contributed by atoms with Crippen molar-refractivity contribution >= 4 is 23.0 Å². The summed E-state index contributed by atoms with van der Waals surface area (Å²) in [6, 6.07) is 5.46. The normalized spacial score (nSPS) is 14.4. The average Bonchev–Trinajstić information content (AvgIpc) is 2.71. The summed E-state index contributed by atoms with van der Waals surface area (Å²) >= 11 is 0. The zero-order chi connectivity index (χ0) is 22.9. The Morgan fingerprint density at radius 3 is 2.06 bits per heavy atom. The first-order valence-corrected chi connectivity index (χ1v) is 8.86. The van der Waals surface area contributed by atoms with E-state index in [4.69, 9.17) is 0 Å². The molecule has 0 unspecified atom stereocenters. The van der Waals surface area contributed by atoms with Crippen LogP contribution in [0.25, 0.3) is 0 Å². The van der Waals surface area contributed by atoms with Gasteiger partial charge in [-0.05, 0) is 24.3 Å². The lowest BCUT2D eigenvalue weighted by atomic mass is 10.1. The Labute approximate surface area is 172 Å². The molecule has 0 aromatic heterocycles. The molecule has 1 aliphatic heterocycles. The first-order valence-electron chi connectivity index (χ1n) is 8.86. The van der Waals surface area contributed by atoms with Crippen LogP contribution in [0.2, 0.25) is 0 Å². The highest BCUT2D eigenvalue weighted by atomic mass is 19.4. The van der Waals surface area contributed by atoms with Crippen molar-refractivity contribution in [2.45, 2.75) is 6.18 Å². The standard InChI is InChI=1S/C18H15F3N4O6/c19-18(20,21)12-2-4-13(15(10-12)25(30)31)22-5-7-23(8-6-22)17(27)11-1-3-14(24(28)29)16(26)9-11/h1-4,9-10,26H,5-8H2. The van der Waals surface area contributed by atoms with Crippen LogP contribution < -0.4 is 4.90 Å². The van der Waals surface area contributed by atoms with E-state index in [1.807, 2.05) is 0 Å². The summed E-state index contributed by atoms with van der Waals surface area (Å²) in [5.74, 6) is -1.17. The Hall–Kier alpha value is -3.90. The van der Waals surface area contributed by atoms with Crippen molar-refractivity contribution in [3.05, 3.63) is 67.8 Å². The van der Waals surface area contributed by atoms with Crippen LogP contribution in [0.4, 0.5) is 30.2 Å². The third-order valence-electron chi connectivity index (χ3n) is 4.83. The van der Waals surface area contributed by atoms with Gasteiger partial charge in [-0.2, -0.15) is 13.2 Å². The molecule has 2 aromatic carbocycles. The van der Waals surface area contributed by atoms with Gasteiger partial charge in [-0.15, -0.1) is 0 Å². The first-order chi connectivity index (χ1) is 14.5. The van der Waals surface area contributed by atoms with Crippen LogP contribution in [0.15, 0.2) is 36.4 Å². The third-order valence-corrected chi connectivity index (χ3v) is 4.83. The summed E-state index contributed by atoms with van der Waals surface area (Å²) in [5, 5.41) is 31.7. The van der Waals surface area contributed by atoms with Gasteiger partial charge < -0.3 is 14.9 Å². The SMILES string of the molecule is O=C(c1ccc([N+](=O)[O-])c(O)c1)N1CCN(c2ccc(C(F)(F)F)cc2[N+](=O)[O-])CC1. The number of alkyl halides is 3. The fourth-order valence-corrected chi connectivity index (χ4v) is 3.26. The summed E-state index contributed by atoms with van der Waals surface area (Å²) < 4.78 is 38.6. The molecule has 1 saturated heterocycles. The van der Waals surface area contributed by atoms with Crippen LogP contribution in [-0.2, 0) is 6.18 Å². The van der Waals surface area contributed by atoms with Gasteiger partial charge in [-0.1, -0.05) is 0 Å². The lowest BCUT2D eigenvalue weighted by molar-refractivity contribution is -0.385. The number of nitrogens with zero attached hydrogens (tertiary/aromatic N) is 4. The highest BCUT2D eigenvalue weighted by Crippen LogP contribution is 2.37. The maximum atomic E-state index is 12.9. The van der Waals surface area contributed by atoms with Gasteiger partial charge in [0.1, 0.15) is 5.69 Å². The number of hydrogen-bond donors (Lipinski definition) is 1. The van der Waals surface area contributed by atoms with Crippen molar-refractivity contribution in [3.8, 4) is 5.75 Å². The van der Waals surface area contributed by atoms with Crippen LogP contribution in [0.5, 0.6) is 5.75 Å². The quantitative estimate of drug-likeness (QED) is 0.571. The van der Waals surface area contributed by atoms with Gasteiger partial charge in [0.2, 0.25) is 0 Å². The van der Waals surface area contributed by atoms with E-state index in [0.717, 1.165) is 24.3 Å². The molecular weight excluding hydrogens is 425 g/mol. The molecule has 0 aliphatic carbocycles. The number of phenols is 1. The Kier molecular flexibility index (Phi) is 5.69. The Balaban J connectivity index is 1.75. The van der Waals surface area contributed by atoms with Crippen molar-refractivity contribution in [1.82, 2.24) is 4.90 Å². The van der Waals surface area contributed by atoms with Gasteiger partial charge in [0.05, 0.1) is 15.4 Å². The summed E-state index contributed by atoms with van der Waals surface area (Å²) in [7, 11) is 0. The van der Waals surface area contributed by atoms with Gasteiger partial charge in [0.25, 0.3) is 11.6 Å². The highest BCUT2D eigenvalue weighted by Gasteiger charge is 2.34. The molecule has 0 bridgehead atoms. The van der Waals surface area contributed by atoms with Crippen molar-refractivity contribution in [1.29, 1.82) is 0 Å². The monoisotopic (exact) mass is 440 g/mol. The number of carbonyl (C=O) groups excluding carboxylic acids is 1. The predicted octanol–water partition coefficient (Wildman–Crippen LogP) is 3.19. The molecule has 1 amide bonds. The summed E-state index contributed by atoms with van der Waals surface area (Å²) in [6.07, 6.45) is -4.72. The second-order valence-corrected chi connectivity index (χ2v) is 6.70. The number of halogens is 3. The smallest absolute Gasteiger partial charge is 0.416 e. The number of nitro groups is 2. The number of rotatable bonds is 4. The minimum absolute atomic E-state index is 0.0121. The molecule has 1 N–H and O–H groups in total. The lowest BCUT2D eigenvalue weighted by Crippen LogP contribution is -2.49. The molecule has 0 saturated carbocycles. The van der Waals surface area contributed by atoms with Crippen molar-refractivity contribution in [3.63, 3.8) is 0 Å². The second-order valence-electron chi connectivity index (χ2n) is 6.70. The number of carbonyl (C=O) groups is 1. The number of aromatic hydroxyl groups is 1. The number of nitro benzene ring substituents is 2. The second kappa shape index (κ2) is 8.08. The first kappa shape index (κ1) is 21.8. The molecule has 164 valence electrons. The minimum atomic E-state index is -4.72. The molecule has 0 atom stereocenters. The summed E-state index contributed by atoms with van der Waals surface area (Å²) in [6.45, 7) is 0.456. The zero-order valence-electron chi connectivity index (χ0n) is 15.7. The molecule has 1 heterocycles. The summed E-state index contributed by atoms with van der Waals surface area (Å²) in [5.41, 5.74) is -2.32. The fourth-order valence-electron chi connectivity index (χ4n) is 3.26. The number of amides is 1. The zero-order valence-corrected chi connectivity index (χ0v) is 15.7. The van der Waals surface area contributed by atoms with Gasteiger partial charge >= 0.3 is 11.9 Å². The number of benzene rings is 2. The molecule has 13 heteroatoms. The van der Waals surface area contributed by atoms with E-state index >= 15 is 0 Å². The van der Waals surface area contributed by atoms with Crippen molar-refractivity contribution in [2.75, 3.05) is 31.1 Å². The predicted molar refractivity (Wildman–Crippen MR) is 101 cm³/mol. The maximum absolute atomic E-state index is 12.9. The molecule has 0 spiro atoms. The van der Waals surface area contributed by atoms with Crippen LogP contribution in [0, 0.1) is 20.2 Å². The number of anilines is 1. The van der Waals surface area contributed by atoms with E-state index in [0.29, 0.717) is 6.07 Å². The highest BCUT2D eigenvalue weighted by molar-refractivity contribution is 5.95. The topological polar surface area (TPSA) is 130 Å². The van der Waals surface area contributed by atoms with E-state index < -0.39 is 44.6 Å². The molecule has 1 fully saturated rings. The van der Waals surface area contributed by atoms with E-state index in [9.17, 15) is 43.3 Å². The van der Waals surface area contributed by atoms with Crippen molar-refractivity contribution in [2.24, 2.45) is 0 Å². The van der Waals surface area contributed by atoms with Crippen molar-refractivity contribution < 1.29 is 32.9 Å². The van der Waals surface area contributed by atoms with Crippen LogP contribution in [-0.4, -0.2) is 51.9 Å². The van der Waals surface area contributed by atoms with E-state index in [2.05, 4.69) is 0 Å². The van der Waals surface area contributed by atoms with Gasteiger partial charge in [0.15, 0.2) is 5.75 Å². The molecule has 2 aromatic rings. The minimum Gasteiger partial charge on any atom is -0.502 e. The Bertz CT molecular complexity index is 1050. The number of hydrogen-bond acceptors (Lipinski definition) is 7. The van der Waals surface area contributed by atoms with Gasteiger partial charge in [-0.3, -0.25) is 25.0 Å².